The van der Waals surface area contributed by atoms with Crippen molar-refractivity contribution in [3.8, 4) is 22.0 Å². The molecule has 5 aromatic rings. The zero-order valence-electron chi connectivity index (χ0n) is 20.2. The summed E-state index contributed by atoms with van der Waals surface area (Å²) in [7, 11) is 0. The van der Waals surface area contributed by atoms with Crippen molar-refractivity contribution < 1.29 is 0 Å². The van der Waals surface area contributed by atoms with E-state index < -0.39 is 0 Å². The van der Waals surface area contributed by atoms with Gasteiger partial charge < -0.3 is 0 Å². The third kappa shape index (κ3) is 4.40. The van der Waals surface area contributed by atoms with Crippen LogP contribution in [-0.4, -0.2) is 19.7 Å². The molecule has 0 saturated heterocycles. The quantitative estimate of drug-likeness (QED) is 0.229. The number of nitrogens with zero attached hydrogens (tertiary/aromatic N) is 4. The fourth-order valence-electron chi connectivity index (χ4n) is 4.20. The second-order valence-electron chi connectivity index (χ2n) is 9.03. The van der Waals surface area contributed by atoms with Gasteiger partial charge in [0.05, 0.1) is 16.1 Å². The van der Waals surface area contributed by atoms with Gasteiger partial charge in [-0.15, -0.1) is 21.5 Å². The van der Waals surface area contributed by atoms with Gasteiger partial charge in [0, 0.05) is 22.7 Å². The molecule has 0 fully saturated rings. The molecule has 3 heterocycles. The Kier molecular flexibility index (Phi) is 6.28. The summed E-state index contributed by atoms with van der Waals surface area (Å²) in [4.78, 5) is 6.18. The normalized spacial score (nSPS) is 11.6. The van der Waals surface area contributed by atoms with Gasteiger partial charge >= 0.3 is 0 Å². The Bertz CT molecular complexity index is 1470. The summed E-state index contributed by atoms with van der Waals surface area (Å²) in [6.45, 7) is 10.8. The second-order valence-corrected chi connectivity index (χ2v) is 10.9. The van der Waals surface area contributed by atoms with E-state index >= 15 is 0 Å². The Morgan fingerprint density at radius 1 is 0.941 bits per heavy atom. The number of fused-ring (bicyclic) bond motifs is 1. The van der Waals surface area contributed by atoms with Crippen LogP contribution >= 0.6 is 23.1 Å². The van der Waals surface area contributed by atoms with Gasteiger partial charge in [0.15, 0.2) is 11.0 Å². The van der Waals surface area contributed by atoms with Crippen molar-refractivity contribution in [2.75, 3.05) is 0 Å². The molecule has 0 aliphatic rings. The van der Waals surface area contributed by atoms with E-state index in [2.05, 4.69) is 104 Å². The molecule has 0 unspecified atom stereocenters. The molecule has 0 spiro atoms. The zero-order chi connectivity index (χ0) is 23.8. The molecule has 172 valence electrons. The summed E-state index contributed by atoms with van der Waals surface area (Å²) in [5.41, 5.74) is 8.13. The highest BCUT2D eigenvalue weighted by atomic mass is 32.2. The first-order valence-corrected chi connectivity index (χ1v) is 13.4. The van der Waals surface area contributed by atoms with Crippen LogP contribution in [0.3, 0.4) is 0 Å². The summed E-state index contributed by atoms with van der Waals surface area (Å²) >= 11 is 3.45. The van der Waals surface area contributed by atoms with Crippen LogP contribution in [0.1, 0.15) is 42.1 Å². The number of hydrogen-bond acceptors (Lipinski definition) is 5. The van der Waals surface area contributed by atoms with E-state index in [0.717, 1.165) is 43.8 Å². The van der Waals surface area contributed by atoms with Crippen LogP contribution in [-0.2, 0) is 5.75 Å². The Hall–Kier alpha value is -2.96. The van der Waals surface area contributed by atoms with E-state index in [1.807, 2.05) is 0 Å². The lowest BCUT2D eigenvalue weighted by Crippen LogP contribution is -2.06. The highest BCUT2D eigenvalue weighted by Crippen LogP contribution is 2.37. The number of benzene rings is 2. The van der Waals surface area contributed by atoms with Crippen LogP contribution in [0.5, 0.6) is 0 Å². The highest BCUT2D eigenvalue weighted by molar-refractivity contribution is 7.98. The van der Waals surface area contributed by atoms with E-state index in [-0.39, 0.29) is 6.04 Å². The first-order valence-electron chi connectivity index (χ1n) is 11.5. The predicted octanol–water partition coefficient (Wildman–Crippen LogP) is 8.02. The molecule has 0 N–H and O–H groups in total. The lowest BCUT2D eigenvalue weighted by atomic mass is 10.0. The minimum atomic E-state index is 0.227. The van der Waals surface area contributed by atoms with Crippen molar-refractivity contribution in [2.45, 2.75) is 51.6 Å². The van der Waals surface area contributed by atoms with Gasteiger partial charge in [-0.3, -0.25) is 4.57 Å². The fourth-order valence-corrected chi connectivity index (χ4v) is 5.89. The molecular formula is C28H28N4S2. The number of thiophene rings is 1. The summed E-state index contributed by atoms with van der Waals surface area (Å²) in [5, 5.41) is 13.5. The minimum absolute atomic E-state index is 0.227. The number of aryl methyl sites for hydroxylation is 3. The molecule has 4 nitrogen and oxygen atoms in total. The van der Waals surface area contributed by atoms with E-state index in [1.165, 1.54) is 22.3 Å². The van der Waals surface area contributed by atoms with Gasteiger partial charge in [-0.05, 0) is 81.0 Å². The van der Waals surface area contributed by atoms with Crippen LogP contribution in [0.25, 0.3) is 32.9 Å². The third-order valence-corrected chi connectivity index (χ3v) is 7.98. The van der Waals surface area contributed by atoms with Crippen LogP contribution in [0.4, 0.5) is 0 Å². The fraction of sp³-hybridized carbons (Fsp3) is 0.250. The molecule has 0 radical (unpaired) electrons. The standard InChI is InChI=1S/C28H28N4S2/c1-17(2)32-27(30-31-28(32)34-16-21-9-6-8-18(3)12-21)23-15-25(26-10-7-11-33-26)29-24-14-20(5)19(4)13-22(23)24/h6-15,17H,16H2,1-5H3. The summed E-state index contributed by atoms with van der Waals surface area (Å²) < 4.78 is 2.27. The van der Waals surface area contributed by atoms with Crippen molar-refractivity contribution in [1.82, 2.24) is 19.7 Å². The van der Waals surface area contributed by atoms with Gasteiger partial charge in [0.1, 0.15) is 0 Å². The van der Waals surface area contributed by atoms with Gasteiger partial charge in [0.25, 0.3) is 0 Å². The van der Waals surface area contributed by atoms with Gasteiger partial charge in [-0.2, -0.15) is 0 Å². The molecule has 0 saturated carbocycles. The minimum Gasteiger partial charge on any atom is -0.299 e. The largest absolute Gasteiger partial charge is 0.299 e. The van der Waals surface area contributed by atoms with Gasteiger partial charge in [-0.1, -0.05) is 47.7 Å². The van der Waals surface area contributed by atoms with Crippen molar-refractivity contribution in [3.05, 3.63) is 82.2 Å². The van der Waals surface area contributed by atoms with E-state index in [1.54, 1.807) is 23.1 Å². The number of aromatic nitrogens is 4. The van der Waals surface area contributed by atoms with Gasteiger partial charge in [-0.25, -0.2) is 4.98 Å². The molecule has 2 aromatic carbocycles. The molecule has 0 bridgehead atoms. The van der Waals surface area contributed by atoms with Crippen LogP contribution in [0, 0.1) is 20.8 Å². The molecule has 6 heteroatoms. The Morgan fingerprint density at radius 2 is 1.76 bits per heavy atom. The van der Waals surface area contributed by atoms with Crippen molar-refractivity contribution in [3.63, 3.8) is 0 Å². The molecule has 0 aliphatic heterocycles. The molecule has 0 aliphatic carbocycles. The summed E-state index contributed by atoms with van der Waals surface area (Å²) in [6.07, 6.45) is 0. The Morgan fingerprint density at radius 3 is 2.50 bits per heavy atom. The number of rotatable bonds is 6. The molecule has 3 aromatic heterocycles. The summed E-state index contributed by atoms with van der Waals surface area (Å²) in [5.74, 6) is 1.76. The van der Waals surface area contributed by atoms with E-state index in [0.29, 0.717) is 0 Å². The lowest BCUT2D eigenvalue weighted by Gasteiger charge is -2.16. The van der Waals surface area contributed by atoms with Crippen molar-refractivity contribution >= 4 is 34.0 Å². The maximum atomic E-state index is 5.02. The molecule has 0 atom stereocenters. The van der Waals surface area contributed by atoms with Crippen LogP contribution < -0.4 is 0 Å². The first-order chi connectivity index (χ1) is 16.4. The molecule has 5 rings (SSSR count). The number of pyridine rings is 1. The lowest BCUT2D eigenvalue weighted by molar-refractivity contribution is 0.555. The summed E-state index contributed by atoms with van der Waals surface area (Å²) in [6, 6.07) is 19.7. The second kappa shape index (κ2) is 9.35. The first kappa shape index (κ1) is 22.8. The van der Waals surface area contributed by atoms with E-state index in [9.17, 15) is 0 Å². The average Bonchev–Trinajstić information content (AvgIpc) is 3.48. The molecule has 0 amide bonds. The van der Waals surface area contributed by atoms with E-state index in [4.69, 9.17) is 10.1 Å². The van der Waals surface area contributed by atoms with Crippen molar-refractivity contribution in [2.24, 2.45) is 0 Å². The SMILES string of the molecule is Cc1cccc(CSc2nnc(-c3cc(-c4cccs4)nc4cc(C)c(C)cc34)n2C(C)C)c1. The molecular weight excluding hydrogens is 456 g/mol. The Labute approximate surface area is 209 Å². The van der Waals surface area contributed by atoms with Crippen molar-refractivity contribution in [1.29, 1.82) is 0 Å². The maximum Gasteiger partial charge on any atom is 0.192 e. The predicted molar refractivity (Wildman–Crippen MR) is 145 cm³/mol. The average molecular weight is 485 g/mol. The Balaban J connectivity index is 1.64. The highest BCUT2D eigenvalue weighted by Gasteiger charge is 2.21. The third-order valence-electron chi connectivity index (χ3n) is 6.07. The number of thioether (sulfide) groups is 1. The van der Waals surface area contributed by atoms with Crippen LogP contribution in [0.2, 0.25) is 0 Å². The van der Waals surface area contributed by atoms with Gasteiger partial charge in [0.2, 0.25) is 0 Å². The molecule has 34 heavy (non-hydrogen) atoms. The monoisotopic (exact) mass is 484 g/mol. The number of hydrogen-bond donors (Lipinski definition) is 0. The smallest absolute Gasteiger partial charge is 0.192 e. The zero-order valence-corrected chi connectivity index (χ0v) is 21.8. The maximum absolute atomic E-state index is 5.02. The van der Waals surface area contributed by atoms with Crippen LogP contribution in [0.15, 0.2) is 65.1 Å². The topological polar surface area (TPSA) is 43.6 Å².